The lowest BCUT2D eigenvalue weighted by molar-refractivity contribution is -0.117. The number of hydrogen-bond acceptors (Lipinski definition) is 5. The summed E-state index contributed by atoms with van der Waals surface area (Å²) in [7, 11) is -3.68. The molecule has 176 valence electrons. The minimum Gasteiger partial charge on any atom is -0.350 e. The van der Waals surface area contributed by atoms with Crippen molar-refractivity contribution >= 4 is 38.9 Å². The van der Waals surface area contributed by atoms with E-state index in [0.717, 1.165) is 12.8 Å². The molecular formula is C24H29N3O4S2. The summed E-state index contributed by atoms with van der Waals surface area (Å²) in [5.74, 6) is -0.411. The van der Waals surface area contributed by atoms with Gasteiger partial charge in [-0.25, -0.2) is 8.42 Å². The van der Waals surface area contributed by atoms with Gasteiger partial charge in [-0.3, -0.25) is 9.59 Å². The summed E-state index contributed by atoms with van der Waals surface area (Å²) in [6.07, 6.45) is 6.71. The van der Waals surface area contributed by atoms with Crippen LogP contribution in [0.2, 0.25) is 0 Å². The predicted octanol–water partition coefficient (Wildman–Crippen LogP) is 3.72. The zero-order chi connectivity index (χ0) is 23.6. The Bertz CT molecular complexity index is 1130. The molecule has 1 fully saturated rings. The number of anilines is 1. The van der Waals surface area contributed by atoms with E-state index in [-0.39, 0.29) is 28.8 Å². The monoisotopic (exact) mass is 487 g/mol. The molecule has 1 aromatic carbocycles. The molecule has 1 aliphatic carbocycles. The maximum Gasteiger partial charge on any atom is 0.265 e. The summed E-state index contributed by atoms with van der Waals surface area (Å²) >= 11 is 1.55. The van der Waals surface area contributed by atoms with Gasteiger partial charge in [0.05, 0.1) is 9.77 Å². The van der Waals surface area contributed by atoms with Crippen molar-refractivity contribution in [3.63, 3.8) is 0 Å². The van der Waals surface area contributed by atoms with Gasteiger partial charge in [0.15, 0.2) is 0 Å². The number of sulfonamides is 1. The van der Waals surface area contributed by atoms with Gasteiger partial charge in [0.25, 0.3) is 5.91 Å². The second-order valence-electron chi connectivity index (χ2n) is 8.64. The van der Waals surface area contributed by atoms with Crippen LogP contribution in [0.4, 0.5) is 5.69 Å². The molecule has 7 nitrogen and oxygen atoms in total. The van der Waals surface area contributed by atoms with Gasteiger partial charge in [-0.05, 0) is 87.4 Å². The Balaban J connectivity index is 1.41. The van der Waals surface area contributed by atoms with E-state index in [1.807, 2.05) is 13.0 Å². The van der Waals surface area contributed by atoms with Gasteiger partial charge < -0.3 is 10.6 Å². The van der Waals surface area contributed by atoms with Crippen LogP contribution in [0.5, 0.6) is 0 Å². The number of rotatable bonds is 6. The van der Waals surface area contributed by atoms with Crippen LogP contribution >= 0.6 is 11.3 Å². The highest BCUT2D eigenvalue weighted by atomic mass is 32.2. The van der Waals surface area contributed by atoms with Crippen molar-refractivity contribution in [3.05, 3.63) is 58.3 Å². The standard InChI is InChI=1S/C24H29N3O4S2/c1-3-23(28)25-19-12-13-27(16(2)14-19)33(30,31)20-10-8-18(9-11-20)26-24(29)22-15-17-6-4-5-7-21(17)32-22/h3,8-11,15-16,19H,1,4-7,12-14H2,2H3,(H,25,28)(H,26,29). The number of piperidine rings is 1. The van der Waals surface area contributed by atoms with Crippen molar-refractivity contribution in [2.75, 3.05) is 11.9 Å². The van der Waals surface area contributed by atoms with Crippen LogP contribution in [-0.4, -0.2) is 43.2 Å². The SMILES string of the molecule is C=CC(=O)NC1CCN(S(=O)(=O)c2ccc(NC(=O)c3cc4c(s3)CCCC4)cc2)C(C)C1. The van der Waals surface area contributed by atoms with Crippen molar-refractivity contribution in [3.8, 4) is 0 Å². The number of amides is 2. The summed E-state index contributed by atoms with van der Waals surface area (Å²) in [6.45, 7) is 5.62. The number of carbonyl (C=O) groups is 2. The van der Waals surface area contributed by atoms with Gasteiger partial charge in [-0.1, -0.05) is 6.58 Å². The molecule has 33 heavy (non-hydrogen) atoms. The minimum atomic E-state index is -3.68. The molecule has 9 heteroatoms. The molecule has 0 saturated carbocycles. The molecule has 2 atom stereocenters. The Labute approximate surface area is 198 Å². The third kappa shape index (κ3) is 5.20. The van der Waals surface area contributed by atoms with Crippen molar-refractivity contribution < 1.29 is 18.0 Å². The Kier molecular flexibility index (Phi) is 7.02. The lowest BCUT2D eigenvalue weighted by atomic mass is 9.99. The molecule has 0 radical (unpaired) electrons. The molecule has 1 saturated heterocycles. The van der Waals surface area contributed by atoms with Gasteiger partial charge >= 0.3 is 0 Å². The van der Waals surface area contributed by atoms with E-state index < -0.39 is 10.0 Å². The average Bonchev–Trinajstić information content (AvgIpc) is 3.24. The molecule has 2 unspecified atom stereocenters. The molecule has 0 spiro atoms. The normalized spacial score (nSPS) is 21.1. The topological polar surface area (TPSA) is 95.6 Å². The smallest absolute Gasteiger partial charge is 0.265 e. The van der Waals surface area contributed by atoms with E-state index in [1.165, 1.54) is 45.8 Å². The van der Waals surface area contributed by atoms with E-state index in [0.29, 0.717) is 30.0 Å². The third-order valence-corrected chi connectivity index (χ3v) is 9.55. The van der Waals surface area contributed by atoms with E-state index in [1.54, 1.807) is 23.5 Å². The molecule has 1 aromatic heterocycles. The number of carbonyl (C=O) groups excluding carboxylic acids is 2. The van der Waals surface area contributed by atoms with Crippen LogP contribution in [0.15, 0.2) is 47.9 Å². The Morgan fingerprint density at radius 2 is 1.91 bits per heavy atom. The van der Waals surface area contributed by atoms with Crippen LogP contribution in [0.25, 0.3) is 0 Å². The number of aryl methyl sites for hydroxylation is 2. The summed E-state index contributed by atoms with van der Waals surface area (Å²) in [6, 6.07) is 7.97. The number of hydrogen-bond donors (Lipinski definition) is 2. The Morgan fingerprint density at radius 1 is 1.18 bits per heavy atom. The molecule has 1 aliphatic heterocycles. The highest BCUT2D eigenvalue weighted by Gasteiger charge is 2.34. The van der Waals surface area contributed by atoms with Crippen molar-refractivity contribution in [1.82, 2.24) is 9.62 Å². The highest BCUT2D eigenvalue weighted by Crippen LogP contribution is 2.30. The van der Waals surface area contributed by atoms with Crippen LogP contribution in [-0.2, 0) is 27.7 Å². The van der Waals surface area contributed by atoms with Crippen molar-refractivity contribution in [1.29, 1.82) is 0 Å². The van der Waals surface area contributed by atoms with E-state index in [2.05, 4.69) is 17.2 Å². The number of nitrogens with one attached hydrogen (secondary N) is 2. The summed E-state index contributed by atoms with van der Waals surface area (Å²) < 4.78 is 27.9. The number of fused-ring (bicyclic) bond motifs is 1. The number of benzene rings is 1. The molecular weight excluding hydrogens is 458 g/mol. The molecule has 2 N–H and O–H groups in total. The van der Waals surface area contributed by atoms with Gasteiger partial charge in [0.1, 0.15) is 0 Å². The van der Waals surface area contributed by atoms with Gasteiger partial charge in [0.2, 0.25) is 15.9 Å². The maximum atomic E-state index is 13.2. The lowest BCUT2D eigenvalue weighted by Gasteiger charge is -2.36. The summed E-state index contributed by atoms with van der Waals surface area (Å²) in [5.41, 5.74) is 1.84. The first-order valence-electron chi connectivity index (χ1n) is 11.3. The largest absolute Gasteiger partial charge is 0.350 e. The van der Waals surface area contributed by atoms with Gasteiger partial charge in [-0.15, -0.1) is 11.3 Å². The zero-order valence-electron chi connectivity index (χ0n) is 18.7. The minimum absolute atomic E-state index is 0.0718. The lowest BCUT2D eigenvalue weighted by Crippen LogP contribution is -2.50. The first-order chi connectivity index (χ1) is 15.8. The molecule has 2 amide bonds. The number of nitrogens with zero attached hydrogens (tertiary/aromatic N) is 1. The van der Waals surface area contributed by atoms with Crippen LogP contribution in [0.1, 0.15) is 52.7 Å². The van der Waals surface area contributed by atoms with E-state index in [4.69, 9.17) is 0 Å². The third-order valence-electron chi connectivity index (χ3n) is 6.29. The van der Waals surface area contributed by atoms with Crippen molar-refractivity contribution in [2.24, 2.45) is 0 Å². The Hall–Kier alpha value is -2.49. The second kappa shape index (κ2) is 9.79. The Morgan fingerprint density at radius 3 is 2.58 bits per heavy atom. The summed E-state index contributed by atoms with van der Waals surface area (Å²) in [5, 5.41) is 5.73. The zero-order valence-corrected chi connectivity index (χ0v) is 20.3. The fraction of sp³-hybridized carbons (Fsp3) is 0.417. The molecule has 0 bridgehead atoms. The van der Waals surface area contributed by atoms with Gasteiger partial charge in [-0.2, -0.15) is 4.31 Å². The van der Waals surface area contributed by atoms with Crippen LogP contribution in [0.3, 0.4) is 0 Å². The molecule has 2 aromatic rings. The highest BCUT2D eigenvalue weighted by molar-refractivity contribution is 7.89. The first-order valence-corrected chi connectivity index (χ1v) is 13.5. The first kappa shape index (κ1) is 23.7. The summed E-state index contributed by atoms with van der Waals surface area (Å²) in [4.78, 5) is 26.4. The van der Waals surface area contributed by atoms with Crippen LogP contribution < -0.4 is 10.6 Å². The second-order valence-corrected chi connectivity index (χ2v) is 11.7. The van der Waals surface area contributed by atoms with Gasteiger partial charge in [0, 0.05) is 29.2 Å². The number of thiophene rings is 1. The predicted molar refractivity (Wildman–Crippen MR) is 130 cm³/mol. The average molecular weight is 488 g/mol. The fourth-order valence-electron chi connectivity index (χ4n) is 4.54. The fourth-order valence-corrected chi connectivity index (χ4v) is 7.35. The quantitative estimate of drug-likeness (QED) is 0.607. The van der Waals surface area contributed by atoms with Crippen LogP contribution in [0, 0.1) is 0 Å². The maximum absolute atomic E-state index is 13.2. The molecule has 2 aliphatic rings. The van der Waals surface area contributed by atoms with E-state index in [9.17, 15) is 18.0 Å². The molecule has 2 heterocycles. The van der Waals surface area contributed by atoms with Crippen molar-refractivity contribution in [2.45, 2.75) is 62.4 Å². The van der Waals surface area contributed by atoms with E-state index >= 15 is 0 Å². The molecule has 4 rings (SSSR count).